The third-order valence-corrected chi connectivity index (χ3v) is 4.96. The van der Waals surface area contributed by atoms with E-state index in [2.05, 4.69) is 4.98 Å². The number of allylic oxidation sites excluding steroid dienone is 1. The zero-order chi connectivity index (χ0) is 19.6. The summed E-state index contributed by atoms with van der Waals surface area (Å²) in [6.07, 6.45) is 4.95. The van der Waals surface area contributed by atoms with Crippen LogP contribution in [0.4, 0.5) is 0 Å². The van der Waals surface area contributed by atoms with Gasteiger partial charge in [0, 0.05) is 18.1 Å². The maximum Gasteiger partial charge on any atom is 0.340 e. The second-order valence-corrected chi connectivity index (χ2v) is 6.75. The van der Waals surface area contributed by atoms with Crippen LogP contribution in [0.15, 0.2) is 59.6 Å². The third-order valence-electron chi connectivity index (χ3n) is 4.22. The molecule has 0 saturated carbocycles. The van der Waals surface area contributed by atoms with Gasteiger partial charge >= 0.3 is 5.97 Å². The van der Waals surface area contributed by atoms with E-state index in [9.17, 15) is 9.59 Å². The lowest BCUT2D eigenvalue weighted by Crippen LogP contribution is -2.24. The van der Waals surface area contributed by atoms with Gasteiger partial charge in [-0.3, -0.25) is 9.78 Å². The summed E-state index contributed by atoms with van der Waals surface area (Å²) in [4.78, 5) is 31.0. The molecule has 0 unspecified atom stereocenters. The number of benzene rings is 1. The largest absolute Gasteiger partial charge is 0.465 e. The van der Waals surface area contributed by atoms with Gasteiger partial charge in [0.15, 0.2) is 0 Å². The highest BCUT2D eigenvalue weighted by molar-refractivity contribution is 6.42. The zero-order valence-corrected chi connectivity index (χ0v) is 16.2. The van der Waals surface area contributed by atoms with Crippen molar-refractivity contribution in [3.05, 3.63) is 80.7 Å². The molecule has 7 heteroatoms. The van der Waals surface area contributed by atoms with E-state index in [1.807, 2.05) is 6.07 Å². The van der Waals surface area contributed by atoms with Crippen molar-refractivity contribution in [3.8, 4) is 0 Å². The maximum absolute atomic E-state index is 13.0. The van der Waals surface area contributed by atoms with E-state index >= 15 is 0 Å². The zero-order valence-electron chi connectivity index (χ0n) is 14.7. The van der Waals surface area contributed by atoms with Crippen LogP contribution in [0.1, 0.15) is 18.1 Å². The van der Waals surface area contributed by atoms with Gasteiger partial charge in [-0.1, -0.05) is 35.3 Å². The fraction of sp³-hybridized carbons (Fsp3) is 0.150. The number of rotatable bonds is 4. The van der Waals surface area contributed by atoms with E-state index in [0.717, 1.165) is 5.56 Å². The van der Waals surface area contributed by atoms with E-state index in [1.165, 1.54) is 12.0 Å². The molecule has 0 N–H and O–H groups in total. The van der Waals surface area contributed by atoms with Crippen molar-refractivity contribution in [2.24, 2.45) is 0 Å². The average Bonchev–Trinajstić information content (AvgIpc) is 2.89. The highest BCUT2D eigenvalue weighted by Gasteiger charge is 2.37. The predicted molar refractivity (Wildman–Crippen MR) is 104 cm³/mol. The molecule has 2 heterocycles. The first-order valence-electron chi connectivity index (χ1n) is 8.09. The number of hydrogen-bond acceptors (Lipinski definition) is 4. The van der Waals surface area contributed by atoms with E-state index in [-0.39, 0.29) is 17.1 Å². The summed E-state index contributed by atoms with van der Waals surface area (Å²) in [7, 11) is 1.29. The number of pyridine rings is 1. The number of esters is 1. The quantitative estimate of drug-likeness (QED) is 0.566. The molecular weight excluding hydrogens is 387 g/mol. The number of aromatic nitrogens is 1. The van der Waals surface area contributed by atoms with E-state index in [4.69, 9.17) is 27.9 Å². The molecule has 1 aromatic heterocycles. The predicted octanol–water partition coefficient (Wildman–Crippen LogP) is 4.26. The van der Waals surface area contributed by atoms with E-state index < -0.39 is 5.97 Å². The van der Waals surface area contributed by atoms with Gasteiger partial charge in [-0.05, 0) is 42.3 Å². The monoisotopic (exact) mass is 402 g/mol. The summed E-state index contributed by atoms with van der Waals surface area (Å²) in [5.41, 5.74) is 2.52. The smallest absolute Gasteiger partial charge is 0.340 e. The standard InChI is InChI=1S/C20H16Cl2N2O3/c1-12-18(20(26)27-2)15(8-13-5-6-16(21)17(22)9-13)19(25)24(12)11-14-4-3-7-23-10-14/h3-10H,11H2,1-2H3. The molecule has 1 amide bonds. The number of methoxy groups -OCH3 is 1. The van der Waals surface area contributed by atoms with Crippen LogP contribution >= 0.6 is 23.2 Å². The Balaban J connectivity index is 2.04. The molecule has 0 saturated heterocycles. The molecule has 0 bridgehead atoms. The lowest BCUT2D eigenvalue weighted by atomic mass is 10.0. The number of carbonyl (C=O) groups excluding carboxylic acids is 2. The highest BCUT2D eigenvalue weighted by Crippen LogP contribution is 2.33. The van der Waals surface area contributed by atoms with Gasteiger partial charge in [0.2, 0.25) is 0 Å². The molecule has 1 aliphatic heterocycles. The summed E-state index contributed by atoms with van der Waals surface area (Å²) < 4.78 is 4.89. The third kappa shape index (κ3) is 3.89. The Morgan fingerprint density at radius 1 is 1.26 bits per heavy atom. The Morgan fingerprint density at radius 2 is 2.04 bits per heavy atom. The number of amides is 1. The minimum Gasteiger partial charge on any atom is -0.465 e. The number of carbonyl (C=O) groups is 2. The van der Waals surface area contributed by atoms with Crippen molar-refractivity contribution in [2.45, 2.75) is 13.5 Å². The Labute approximate surface area is 166 Å². The van der Waals surface area contributed by atoms with Gasteiger partial charge in [0.1, 0.15) is 0 Å². The molecule has 0 aliphatic carbocycles. The van der Waals surface area contributed by atoms with Crippen molar-refractivity contribution < 1.29 is 14.3 Å². The summed E-state index contributed by atoms with van der Waals surface area (Å²) in [6.45, 7) is 2.02. The van der Waals surface area contributed by atoms with Crippen molar-refractivity contribution >= 4 is 41.2 Å². The van der Waals surface area contributed by atoms with Gasteiger partial charge in [-0.25, -0.2) is 4.79 Å². The number of ether oxygens (including phenoxy) is 1. The Hall–Kier alpha value is -2.63. The van der Waals surface area contributed by atoms with Gasteiger partial charge in [-0.2, -0.15) is 0 Å². The van der Waals surface area contributed by atoms with Crippen molar-refractivity contribution in [2.75, 3.05) is 7.11 Å². The van der Waals surface area contributed by atoms with E-state index in [0.29, 0.717) is 27.9 Å². The van der Waals surface area contributed by atoms with Crippen LogP contribution in [-0.4, -0.2) is 28.9 Å². The minimum absolute atomic E-state index is 0.234. The fourth-order valence-electron chi connectivity index (χ4n) is 2.86. The minimum atomic E-state index is -0.569. The fourth-order valence-corrected chi connectivity index (χ4v) is 3.17. The number of nitrogens with zero attached hydrogens (tertiary/aromatic N) is 2. The molecule has 0 spiro atoms. The van der Waals surface area contributed by atoms with Crippen LogP contribution < -0.4 is 0 Å². The van der Waals surface area contributed by atoms with Crippen LogP contribution in [0.3, 0.4) is 0 Å². The Bertz CT molecular complexity index is 968. The van der Waals surface area contributed by atoms with Gasteiger partial charge in [0.25, 0.3) is 5.91 Å². The van der Waals surface area contributed by atoms with Crippen LogP contribution in [-0.2, 0) is 20.9 Å². The summed E-state index contributed by atoms with van der Waals surface area (Å²) in [6, 6.07) is 8.66. The number of hydrogen-bond donors (Lipinski definition) is 0. The van der Waals surface area contributed by atoms with Crippen LogP contribution in [0, 0.1) is 0 Å². The first-order chi connectivity index (χ1) is 12.9. The normalized spacial score (nSPS) is 15.6. The second-order valence-electron chi connectivity index (χ2n) is 5.94. The lowest BCUT2D eigenvalue weighted by Gasteiger charge is -2.17. The molecule has 1 aromatic carbocycles. The molecule has 0 atom stereocenters. The molecule has 0 fully saturated rings. The molecular formula is C20H16Cl2N2O3. The molecule has 27 heavy (non-hydrogen) atoms. The first-order valence-corrected chi connectivity index (χ1v) is 8.85. The molecule has 2 aromatic rings. The second kappa shape index (κ2) is 7.94. The summed E-state index contributed by atoms with van der Waals surface area (Å²) >= 11 is 12.0. The van der Waals surface area contributed by atoms with Crippen molar-refractivity contribution in [3.63, 3.8) is 0 Å². The molecule has 0 radical (unpaired) electrons. The van der Waals surface area contributed by atoms with Crippen LogP contribution in [0.2, 0.25) is 10.0 Å². The SMILES string of the molecule is COC(=O)C1=C(C)N(Cc2cccnc2)C(=O)C1=Cc1ccc(Cl)c(Cl)c1. The van der Waals surface area contributed by atoms with E-state index in [1.54, 1.807) is 49.7 Å². The Kier molecular flexibility index (Phi) is 5.63. The summed E-state index contributed by atoms with van der Waals surface area (Å²) in [5, 5.41) is 0.777. The summed E-state index contributed by atoms with van der Waals surface area (Å²) in [5.74, 6) is -0.858. The maximum atomic E-state index is 13.0. The first kappa shape index (κ1) is 19.1. The lowest BCUT2D eigenvalue weighted by molar-refractivity contribution is -0.136. The topological polar surface area (TPSA) is 59.5 Å². The van der Waals surface area contributed by atoms with Crippen LogP contribution in [0.25, 0.3) is 6.08 Å². The van der Waals surface area contributed by atoms with Crippen LogP contribution in [0.5, 0.6) is 0 Å². The van der Waals surface area contributed by atoms with Crippen molar-refractivity contribution in [1.29, 1.82) is 0 Å². The molecule has 1 aliphatic rings. The molecule has 5 nitrogen and oxygen atoms in total. The van der Waals surface area contributed by atoms with Gasteiger partial charge in [-0.15, -0.1) is 0 Å². The molecule has 3 rings (SSSR count). The molecule has 138 valence electrons. The highest BCUT2D eigenvalue weighted by atomic mass is 35.5. The van der Waals surface area contributed by atoms with Gasteiger partial charge < -0.3 is 9.64 Å². The van der Waals surface area contributed by atoms with Crippen molar-refractivity contribution in [1.82, 2.24) is 9.88 Å². The average molecular weight is 403 g/mol. The van der Waals surface area contributed by atoms with Gasteiger partial charge in [0.05, 0.1) is 34.8 Å². The number of halogens is 2. The Morgan fingerprint density at radius 3 is 2.67 bits per heavy atom.